The van der Waals surface area contributed by atoms with Crippen LogP contribution in [0.5, 0.6) is 0 Å². The van der Waals surface area contributed by atoms with Crippen molar-refractivity contribution in [2.75, 3.05) is 0 Å². The standard InChI is InChI=1S/C21H24N4O/c1-7-16(19(22-6)23-8-2)13-14(3)17-9-11-18(12-10-17)21(5)20(26)24-15(4)25-21/h7-13,25H,2,4,6H2,1,3,5H3,(H,24,26)/b14-13+,16-7-,23-19?. The molecule has 2 rings (SSSR count). The van der Waals surface area contributed by atoms with Crippen molar-refractivity contribution >= 4 is 24.0 Å². The fourth-order valence-corrected chi connectivity index (χ4v) is 2.81. The van der Waals surface area contributed by atoms with Crippen LogP contribution in [-0.4, -0.2) is 18.5 Å². The Bertz CT molecular complexity index is 843. The van der Waals surface area contributed by atoms with Crippen LogP contribution in [0.2, 0.25) is 0 Å². The maximum absolute atomic E-state index is 12.2. The first kappa shape index (κ1) is 19.1. The summed E-state index contributed by atoms with van der Waals surface area (Å²) in [4.78, 5) is 20.3. The Labute approximate surface area is 154 Å². The average molecular weight is 348 g/mol. The van der Waals surface area contributed by atoms with Gasteiger partial charge >= 0.3 is 0 Å². The Hall–Kier alpha value is -3.21. The molecule has 26 heavy (non-hydrogen) atoms. The molecular weight excluding hydrogens is 324 g/mol. The van der Waals surface area contributed by atoms with Crippen LogP contribution in [0.4, 0.5) is 0 Å². The monoisotopic (exact) mass is 348 g/mol. The summed E-state index contributed by atoms with van der Waals surface area (Å²) in [5.41, 5.74) is 3.01. The number of rotatable bonds is 5. The summed E-state index contributed by atoms with van der Waals surface area (Å²) < 4.78 is 0. The Morgan fingerprint density at radius 3 is 2.38 bits per heavy atom. The van der Waals surface area contributed by atoms with Crippen LogP contribution in [0.3, 0.4) is 0 Å². The number of carbonyl (C=O) groups excluding carboxylic acids is 1. The molecule has 2 N–H and O–H groups in total. The van der Waals surface area contributed by atoms with Gasteiger partial charge in [-0.15, -0.1) is 0 Å². The van der Waals surface area contributed by atoms with Crippen molar-refractivity contribution in [3.05, 3.63) is 78.3 Å². The lowest BCUT2D eigenvalue weighted by Gasteiger charge is -2.22. The number of amides is 1. The fraction of sp³-hybridized carbons (Fsp3) is 0.190. The topological polar surface area (TPSA) is 65.8 Å². The highest BCUT2D eigenvalue weighted by Gasteiger charge is 2.40. The molecule has 0 spiro atoms. The predicted molar refractivity (Wildman–Crippen MR) is 109 cm³/mol. The van der Waals surface area contributed by atoms with E-state index in [1.807, 2.05) is 57.2 Å². The van der Waals surface area contributed by atoms with Crippen LogP contribution >= 0.6 is 0 Å². The van der Waals surface area contributed by atoms with Gasteiger partial charge in [-0.25, -0.2) is 9.98 Å². The molecule has 1 aromatic carbocycles. The highest BCUT2D eigenvalue weighted by molar-refractivity contribution is 6.04. The Morgan fingerprint density at radius 2 is 1.92 bits per heavy atom. The number of benzene rings is 1. The third-order valence-electron chi connectivity index (χ3n) is 4.34. The predicted octanol–water partition coefficient (Wildman–Crippen LogP) is 3.68. The summed E-state index contributed by atoms with van der Waals surface area (Å²) in [6.07, 6.45) is 5.37. The van der Waals surface area contributed by atoms with E-state index in [1.54, 1.807) is 0 Å². The fourth-order valence-electron chi connectivity index (χ4n) is 2.81. The average Bonchev–Trinajstić information content (AvgIpc) is 2.90. The lowest BCUT2D eigenvalue weighted by molar-refractivity contribution is -0.123. The van der Waals surface area contributed by atoms with Crippen LogP contribution in [0.25, 0.3) is 5.57 Å². The molecule has 0 aliphatic carbocycles. The molecule has 0 saturated carbocycles. The van der Waals surface area contributed by atoms with Crippen molar-refractivity contribution in [1.82, 2.24) is 10.6 Å². The number of aliphatic imine (C=N–C) groups is 2. The minimum atomic E-state index is -0.807. The Balaban J connectivity index is 2.31. The first-order chi connectivity index (χ1) is 12.3. The highest BCUT2D eigenvalue weighted by atomic mass is 16.2. The minimum Gasteiger partial charge on any atom is -0.355 e. The molecule has 1 unspecified atom stereocenters. The van der Waals surface area contributed by atoms with Crippen LogP contribution < -0.4 is 10.6 Å². The van der Waals surface area contributed by atoms with E-state index in [0.29, 0.717) is 11.7 Å². The number of nitrogens with one attached hydrogen (secondary N) is 2. The summed E-state index contributed by atoms with van der Waals surface area (Å²) in [5.74, 6) is 0.929. The van der Waals surface area contributed by atoms with Gasteiger partial charge in [0.05, 0.1) is 5.82 Å². The summed E-state index contributed by atoms with van der Waals surface area (Å²) in [5, 5.41) is 5.81. The lowest BCUT2D eigenvalue weighted by atomic mass is 9.90. The smallest absolute Gasteiger partial charge is 0.255 e. The van der Waals surface area contributed by atoms with Crippen LogP contribution in [0, 0.1) is 0 Å². The maximum atomic E-state index is 12.2. The van der Waals surface area contributed by atoms with Gasteiger partial charge in [-0.05, 0) is 50.3 Å². The highest BCUT2D eigenvalue weighted by Crippen LogP contribution is 2.27. The summed E-state index contributed by atoms with van der Waals surface area (Å²) in [6.45, 7) is 16.7. The largest absolute Gasteiger partial charge is 0.355 e. The van der Waals surface area contributed by atoms with Gasteiger partial charge in [0.25, 0.3) is 5.91 Å². The van der Waals surface area contributed by atoms with E-state index < -0.39 is 5.54 Å². The normalized spacial score (nSPS) is 21.3. The molecule has 5 heteroatoms. The molecule has 1 saturated heterocycles. The van der Waals surface area contributed by atoms with Gasteiger partial charge < -0.3 is 10.6 Å². The van der Waals surface area contributed by atoms with Crippen molar-refractivity contribution < 1.29 is 4.79 Å². The third kappa shape index (κ3) is 3.72. The number of allylic oxidation sites excluding steroid dienone is 2. The zero-order valence-electron chi connectivity index (χ0n) is 15.5. The maximum Gasteiger partial charge on any atom is 0.255 e. The molecule has 0 bridgehead atoms. The molecule has 1 atom stereocenters. The molecule has 134 valence electrons. The third-order valence-corrected chi connectivity index (χ3v) is 4.34. The number of amidine groups is 1. The van der Waals surface area contributed by atoms with Gasteiger partial charge in [-0.3, -0.25) is 4.79 Å². The van der Waals surface area contributed by atoms with Crippen molar-refractivity contribution in [2.45, 2.75) is 26.3 Å². The molecule has 5 nitrogen and oxygen atoms in total. The second kappa shape index (κ2) is 7.78. The first-order valence-electron chi connectivity index (χ1n) is 8.25. The molecule has 0 radical (unpaired) electrons. The Kier molecular flexibility index (Phi) is 5.72. The lowest BCUT2D eigenvalue weighted by Crippen LogP contribution is -2.39. The zero-order chi connectivity index (χ0) is 19.3. The van der Waals surface area contributed by atoms with Crippen LogP contribution in [0.15, 0.2) is 77.2 Å². The van der Waals surface area contributed by atoms with E-state index in [9.17, 15) is 4.79 Å². The van der Waals surface area contributed by atoms with Crippen molar-refractivity contribution in [2.24, 2.45) is 9.98 Å². The minimum absolute atomic E-state index is 0.110. The molecule has 1 amide bonds. The quantitative estimate of drug-likeness (QED) is 0.484. The number of nitrogens with zero attached hydrogens (tertiary/aromatic N) is 2. The molecule has 1 aliphatic heterocycles. The zero-order valence-corrected chi connectivity index (χ0v) is 15.5. The van der Waals surface area contributed by atoms with Crippen LogP contribution in [0.1, 0.15) is 31.9 Å². The van der Waals surface area contributed by atoms with Gasteiger partial charge in [-0.1, -0.05) is 43.5 Å². The second-order valence-corrected chi connectivity index (χ2v) is 6.12. The first-order valence-corrected chi connectivity index (χ1v) is 8.25. The molecular formula is C21H24N4O. The summed E-state index contributed by atoms with van der Waals surface area (Å²) in [7, 11) is 0. The number of hydrogen-bond acceptors (Lipinski definition) is 3. The molecule has 0 aromatic heterocycles. The van der Waals surface area contributed by atoms with Gasteiger partial charge in [0, 0.05) is 11.8 Å². The van der Waals surface area contributed by atoms with Gasteiger partial charge in [0.1, 0.15) is 5.54 Å². The second-order valence-electron chi connectivity index (χ2n) is 6.12. The van der Waals surface area contributed by atoms with Crippen molar-refractivity contribution in [3.63, 3.8) is 0 Å². The van der Waals surface area contributed by atoms with Crippen LogP contribution in [-0.2, 0) is 10.3 Å². The van der Waals surface area contributed by atoms with Gasteiger partial charge in [0.15, 0.2) is 5.84 Å². The van der Waals surface area contributed by atoms with E-state index >= 15 is 0 Å². The molecule has 1 aliphatic rings. The molecule has 1 heterocycles. The summed E-state index contributed by atoms with van der Waals surface area (Å²) in [6, 6.07) is 7.86. The van der Waals surface area contributed by atoms with E-state index in [0.717, 1.165) is 22.3 Å². The van der Waals surface area contributed by atoms with Gasteiger partial charge in [-0.2, -0.15) is 0 Å². The van der Waals surface area contributed by atoms with E-state index in [4.69, 9.17) is 0 Å². The van der Waals surface area contributed by atoms with Crippen molar-refractivity contribution in [3.8, 4) is 0 Å². The van der Waals surface area contributed by atoms with E-state index in [1.165, 1.54) is 6.20 Å². The SMILES string of the molecule is C=CN=C(N=C)C(=C\C)/C=C(\C)c1ccc(C2(C)NC(=C)NC2=O)cc1. The molecule has 1 aromatic rings. The molecule has 1 fully saturated rings. The Morgan fingerprint density at radius 1 is 1.27 bits per heavy atom. The number of hydrogen-bond donors (Lipinski definition) is 2. The van der Waals surface area contributed by atoms with Crippen molar-refractivity contribution in [1.29, 1.82) is 0 Å². The van der Waals surface area contributed by atoms with E-state index in [2.05, 4.69) is 40.5 Å². The summed E-state index contributed by atoms with van der Waals surface area (Å²) >= 11 is 0. The van der Waals surface area contributed by atoms with E-state index in [-0.39, 0.29) is 5.91 Å². The number of carbonyl (C=O) groups is 1. The van der Waals surface area contributed by atoms with Gasteiger partial charge in [0.2, 0.25) is 0 Å².